The van der Waals surface area contributed by atoms with Gasteiger partial charge in [-0.05, 0) is 29.7 Å². The van der Waals surface area contributed by atoms with Crippen molar-refractivity contribution in [3.63, 3.8) is 0 Å². The van der Waals surface area contributed by atoms with Crippen LogP contribution in [-0.2, 0) is 13.2 Å². The Morgan fingerprint density at radius 2 is 1.29 bits per heavy atom. The van der Waals surface area contributed by atoms with E-state index in [4.69, 9.17) is 15.2 Å². The molecule has 0 aliphatic carbocycles. The lowest BCUT2D eigenvalue weighted by Crippen LogP contribution is -2.03. The van der Waals surface area contributed by atoms with Crippen LogP contribution in [0, 0.1) is 6.92 Å². The van der Waals surface area contributed by atoms with Gasteiger partial charge in [0, 0.05) is 11.8 Å². The molecule has 0 atom stereocenters. The van der Waals surface area contributed by atoms with Gasteiger partial charge in [-0.25, -0.2) is 0 Å². The lowest BCUT2D eigenvalue weighted by atomic mass is 10.1. The van der Waals surface area contributed by atoms with Crippen LogP contribution in [0.3, 0.4) is 0 Å². The Bertz CT molecular complexity index is 786. The Kier molecular flexibility index (Phi) is 5.02. The van der Waals surface area contributed by atoms with E-state index in [0.29, 0.717) is 24.7 Å². The number of anilines is 1. The highest BCUT2D eigenvalue weighted by Crippen LogP contribution is 2.34. The van der Waals surface area contributed by atoms with Crippen LogP contribution >= 0.6 is 0 Å². The van der Waals surface area contributed by atoms with Crippen LogP contribution < -0.4 is 15.2 Å². The van der Waals surface area contributed by atoms with Gasteiger partial charge in [0.25, 0.3) is 0 Å². The van der Waals surface area contributed by atoms with Crippen LogP contribution in [0.4, 0.5) is 5.69 Å². The first-order valence-electron chi connectivity index (χ1n) is 7.96. The minimum absolute atomic E-state index is 0.478. The summed E-state index contributed by atoms with van der Waals surface area (Å²) in [5, 5.41) is 0. The van der Waals surface area contributed by atoms with Crippen molar-refractivity contribution < 1.29 is 9.47 Å². The van der Waals surface area contributed by atoms with E-state index in [1.807, 2.05) is 79.7 Å². The van der Waals surface area contributed by atoms with Crippen LogP contribution in [0.15, 0.2) is 72.8 Å². The predicted molar refractivity (Wildman–Crippen MR) is 97.1 cm³/mol. The Morgan fingerprint density at radius 1 is 0.750 bits per heavy atom. The molecule has 3 rings (SSSR count). The van der Waals surface area contributed by atoms with E-state index < -0.39 is 0 Å². The highest BCUT2D eigenvalue weighted by Gasteiger charge is 2.11. The van der Waals surface area contributed by atoms with Crippen LogP contribution in [0.1, 0.15) is 16.7 Å². The minimum Gasteiger partial charge on any atom is -0.485 e. The van der Waals surface area contributed by atoms with Gasteiger partial charge in [0.2, 0.25) is 0 Å². The summed E-state index contributed by atoms with van der Waals surface area (Å²) in [6.45, 7) is 2.95. The maximum atomic E-state index is 6.02. The third-order valence-corrected chi connectivity index (χ3v) is 3.73. The summed E-state index contributed by atoms with van der Waals surface area (Å²) in [5.74, 6) is 1.41. The number of hydrogen-bond donors (Lipinski definition) is 1. The maximum absolute atomic E-state index is 6.02. The van der Waals surface area contributed by atoms with Crippen LogP contribution in [0.25, 0.3) is 0 Å². The monoisotopic (exact) mass is 319 g/mol. The zero-order chi connectivity index (χ0) is 16.8. The second kappa shape index (κ2) is 7.55. The van der Waals surface area contributed by atoms with Crippen LogP contribution in [0.2, 0.25) is 0 Å². The van der Waals surface area contributed by atoms with Crippen molar-refractivity contribution >= 4 is 5.69 Å². The summed E-state index contributed by atoms with van der Waals surface area (Å²) < 4.78 is 12.0. The molecule has 122 valence electrons. The van der Waals surface area contributed by atoms with Crippen molar-refractivity contribution in [2.24, 2.45) is 0 Å². The average molecular weight is 319 g/mol. The topological polar surface area (TPSA) is 44.5 Å². The van der Waals surface area contributed by atoms with Gasteiger partial charge in [-0.2, -0.15) is 0 Å². The molecular weight excluding hydrogens is 298 g/mol. The summed E-state index contributed by atoms with van der Waals surface area (Å²) in [4.78, 5) is 0. The van der Waals surface area contributed by atoms with E-state index in [-0.39, 0.29) is 0 Å². The van der Waals surface area contributed by atoms with Crippen molar-refractivity contribution in [2.45, 2.75) is 20.1 Å². The van der Waals surface area contributed by atoms with Gasteiger partial charge in [-0.3, -0.25) is 0 Å². The summed E-state index contributed by atoms with van der Waals surface area (Å²) in [5.41, 5.74) is 9.82. The number of nitrogen functional groups attached to an aromatic ring is 1. The molecule has 0 heterocycles. The largest absolute Gasteiger partial charge is 0.485 e. The van der Waals surface area contributed by atoms with Crippen molar-refractivity contribution in [2.75, 3.05) is 5.73 Å². The van der Waals surface area contributed by atoms with E-state index in [2.05, 4.69) is 0 Å². The molecule has 3 aromatic rings. The molecule has 0 radical (unpaired) electrons. The first-order chi connectivity index (χ1) is 11.7. The van der Waals surface area contributed by atoms with Gasteiger partial charge in [-0.1, -0.05) is 60.7 Å². The molecule has 0 aliphatic rings. The third kappa shape index (κ3) is 4.07. The van der Waals surface area contributed by atoms with Gasteiger partial charge in [0.05, 0.1) is 0 Å². The van der Waals surface area contributed by atoms with Crippen molar-refractivity contribution in [1.29, 1.82) is 0 Å². The zero-order valence-electron chi connectivity index (χ0n) is 13.7. The summed E-state index contributed by atoms with van der Waals surface area (Å²) in [7, 11) is 0. The Balaban J connectivity index is 1.77. The minimum atomic E-state index is 0.478. The number of rotatable bonds is 6. The molecule has 3 aromatic carbocycles. The van der Waals surface area contributed by atoms with E-state index in [0.717, 1.165) is 22.4 Å². The maximum Gasteiger partial charge on any atom is 0.164 e. The predicted octanol–water partition coefficient (Wildman–Crippen LogP) is 4.74. The fraction of sp³-hybridized carbons (Fsp3) is 0.143. The second-order valence-electron chi connectivity index (χ2n) is 5.71. The van der Waals surface area contributed by atoms with Crippen molar-refractivity contribution in [1.82, 2.24) is 0 Å². The summed E-state index contributed by atoms with van der Waals surface area (Å²) >= 11 is 0. The molecule has 0 saturated carbocycles. The highest BCUT2D eigenvalue weighted by atomic mass is 16.5. The molecule has 3 heteroatoms. The zero-order valence-corrected chi connectivity index (χ0v) is 13.7. The molecule has 0 amide bonds. The van der Waals surface area contributed by atoms with E-state index in [9.17, 15) is 0 Å². The normalized spacial score (nSPS) is 10.4. The fourth-order valence-electron chi connectivity index (χ4n) is 2.53. The Hall–Kier alpha value is -2.94. The first kappa shape index (κ1) is 15.9. The van der Waals surface area contributed by atoms with Crippen LogP contribution in [-0.4, -0.2) is 0 Å². The number of ether oxygens (including phenoxy) is 2. The molecular formula is C21H21NO2. The molecule has 0 unspecified atom stereocenters. The van der Waals surface area contributed by atoms with Crippen molar-refractivity contribution in [3.05, 3.63) is 89.5 Å². The molecule has 0 aliphatic heterocycles. The molecule has 0 saturated heterocycles. The molecule has 2 N–H and O–H groups in total. The lowest BCUT2D eigenvalue weighted by molar-refractivity contribution is 0.254. The quantitative estimate of drug-likeness (QED) is 0.668. The molecule has 24 heavy (non-hydrogen) atoms. The van der Waals surface area contributed by atoms with Crippen molar-refractivity contribution in [3.8, 4) is 11.5 Å². The Morgan fingerprint density at radius 3 is 1.88 bits per heavy atom. The van der Waals surface area contributed by atoms with Gasteiger partial charge < -0.3 is 15.2 Å². The second-order valence-corrected chi connectivity index (χ2v) is 5.71. The third-order valence-electron chi connectivity index (χ3n) is 3.73. The molecule has 0 spiro atoms. The first-order valence-corrected chi connectivity index (χ1v) is 7.96. The fourth-order valence-corrected chi connectivity index (χ4v) is 2.53. The number of nitrogens with two attached hydrogens (primary N) is 1. The number of aryl methyl sites for hydroxylation is 1. The van der Waals surface area contributed by atoms with Gasteiger partial charge >= 0.3 is 0 Å². The molecule has 0 bridgehead atoms. The molecule has 3 nitrogen and oxygen atoms in total. The van der Waals surface area contributed by atoms with E-state index in [1.165, 1.54) is 0 Å². The van der Waals surface area contributed by atoms with Crippen LogP contribution in [0.5, 0.6) is 11.5 Å². The molecule has 0 aromatic heterocycles. The van der Waals surface area contributed by atoms with E-state index in [1.54, 1.807) is 0 Å². The smallest absolute Gasteiger partial charge is 0.164 e. The SMILES string of the molecule is Cc1cc(N)cc(OCc2ccccc2)c1OCc1ccccc1. The van der Waals surface area contributed by atoms with E-state index >= 15 is 0 Å². The van der Waals surface area contributed by atoms with Gasteiger partial charge in [0.15, 0.2) is 11.5 Å². The number of benzene rings is 3. The van der Waals surface area contributed by atoms with Gasteiger partial charge in [-0.15, -0.1) is 0 Å². The average Bonchev–Trinajstić information content (AvgIpc) is 2.61. The standard InChI is InChI=1S/C21H21NO2/c1-16-12-19(22)13-20(23-14-17-8-4-2-5-9-17)21(16)24-15-18-10-6-3-7-11-18/h2-13H,14-15,22H2,1H3. The summed E-state index contributed by atoms with van der Waals surface area (Å²) in [6, 6.07) is 23.8. The molecule has 0 fully saturated rings. The highest BCUT2D eigenvalue weighted by molar-refractivity contribution is 5.56. The lowest BCUT2D eigenvalue weighted by Gasteiger charge is -2.16. The summed E-state index contributed by atoms with van der Waals surface area (Å²) in [6.07, 6.45) is 0. The Labute approximate surface area is 142 Å². The number of hydrogen-bond acceptors (Lipinski definition) is 3. The van der Waals surface area contributed by atoms with Gasteiger partial charge in [0.1, 0.15) is 13.2 Å².